The normalized spacial score (nSPS) is 10.8. The van der Waals surface area contributed by atoms with Crippen LogP contribution in [0.4, 0.5) is 0 Å². The van der Waals surface area contributed by atoms with Crippen molar-refractivity contribution in [3.63, 3.8) is 0 Å². The molecule has 0 saturated carbocycles. The van der Waals surface area contributed by atoms with Crippen LogP contribution in [0.25, 0.3) is 0 Å². The third-order valence-corrected chi connectivity index (χ3v) is 4.92. The Labute approximate surface area is 145 Å². The van der Waals surface area contributed by atoms with Gasteiger partial charge >= 0.3 is 0 Å². The number of benzene rings is 1. The molecule has 0 saturated heterocycles. The number of ketones is 1. The maximum absolute atomic E-state index is 12.2. The third-order valence-electron chi connectivity index (χ3n) is 3.49. The quantitative estimate of drug-likeness (QED) is 0.218. The van der Waals surface area contributed by atoms with Crippen molar-refractivity contribution in [3.05, 3.63) is 31.8 Å². The van der Waals surface area contributed by atoms with E-state index in [-0.39, 0.29) is 5.78 Å². The fourth-order valence-electron chi connectivity index (χ4n) is 2.27. The number of hydrogen-bond donors (Lipinski definition) is 0. The predicted molar refractivity (Wildman–Crippen MR) is 98.4 cm³/mol. The second-order valence-corrected chi connectivity index (χ2v) is 7.35. The Morgan fingerprint density at radius 2 is 1.65 bits per heavy atom. The number of carbonyl (C=O) groups excluding carboxylic acids is 1. The van der Waals surface area contributed by atoms with Crippen LogP contribution in [0.3, 0.4) is 0 Å². The first-order chi connectivity index (χ1) is 9.65. The smallest absolute Gasteiger partial charge is 0.163 e. The van der Waals surface area contributed by atoms with Crippen molar-refractivity contribution in [2.45, 2.75) is 64.7 Å². The van der Waals surface area contributed by atoms with Gasteiger partial charge in [0.05, 0.1) is 0 Å². The number of Topliss-reactive ketones (excluding diaryl/α,β-unsaturated/α-hetero) is 1. The first-order valence-corrected chi connectivity index (χ1v) is 9.50. The van der Waals surface area contributed by atoms with Gasteiger partial charge in [-0.2, -0.15) is 0 Å². The van der Waals surface area contributed by atoms with Crippen molar-refractivity contribution in [1.82, 2.24) is 0 Å². The van der Waals surface area contributed by atoms with Crippen LogP contribution < -0.4 is 0 Å². The van der Waals surface area contributed by atoms with E-state index in [4.69, 9.17) is 0 Å². The van der Waals surface area contributed by atoms with E-state index in [1.54, 1.807) is 0 Å². The highest BCUT2D eigenvalue weighted by atomic mass is 127. The van der Waals surface area contributed by atoms with E-state index in [0.717, 1.165) is 20.0 Å². The fraction of sp³-hybridized carbons (Fsp3) is 0.588. The van der Waals surface area contributed by atoms with Gasteiger partial charge in [-0.15, -0.1) is 0 Å². The van der Waals surface area contributed by atoms with Crippen molar-refractivity contribution >= 4 is 44.3 Å². The Kier molecular flexibility index (Phi) is 9.78. The Bertz CT molecular complexity index is 417. The molecule has 1 nitrogen and oxygen atoms in total. The average molecular weight is 451 g/mol. The van der Waals surface area contributed by atoms with E-state index >= 15 is 0 Å². The van der Waals surface area contributed by atoms with Gasteiger partial charge in [0.2, 0.25) is 0 Å². The molecule has 1 aromatic carbocycles. The van der Waals surface area contributed by atoms with Gasteiger partial charge in [-0.05, 0) is 47.2 Å². The molecule has 0 N–H and O–H groups in total. The summed E-state index contributed by atoms with van der Waals surface area (Å²) in [7, 11) is 0. The molecule has 1 aromatic rings. The van der Waals surface area contributed by atoms with Crippen LogP contribution in [0.5, 0.6) is 0 Å². The summed E-state index contributed by atoms with van der Waals surface area (Å²) >= 11 is 5.67. The number of rotatable bonds is 10. The molecule has 0 aliphatic carbocycles. The van der Waals surface area contributed by atoms with E-state index in [0.29, 0.717) is 6.42 Å². The molecule has 0 aliphatic heterocycles. The maximum Gasteiger partial charge on any atom is 0.163 e. The minimum absolute atomic E-state index is 0.279. The summed E-state index contributed by atoms with van der Waals surface area (Å²) in [6, 6.07) is 5.91. The van der Waals surface area contributed by atoms with Crippen LogP contribution in [0.1, 0.15) is 75.1 Å². The summed E-state index contributed by atoms with van der Waals surface area (Å²) in [6.45, 7) is 2.24. The van der Waals surface area contributed by atoms with Crippen molar-refractivity contribution < 1.29 is 4.79 Å². The molecule has 0 atom stereocenters. The maximum atomic E-state index is 12.2. The van der Waals surface area contributed by atoms with Crippen molar-refractivity contribution in [2.75, 3.05) is 0 Å². The SMILES string of the molecule is CCCCCCCCCCC(=O)c1cc(Br)ccc1I. The standard InChI is InChI=1S/C17H24BrIO/c1-2-3-4-5-6-7-8-9-10-17(20)15-13-14(18)11-12-16(15)19/h11-13H,2-10H2,1H3. The highest BCUT2D eigenvalue weighted by Gasteiger charge is 2.10. The van der Waals surface area contributed by atoms with Crippen LogP contribution in [-0.4, -0.2) is 5.78 Å². The molecule has 0 spiro atoms. The molecule has 0 heterocycles. The van der Waals surface area contributed by atoms with Crippen LogP contribution in [0.2, 0.25) is 0 Å². The van der Waals surface area contributed by atoms with Gasteiger partial charge in [0.25, 0.3) is 0 Å². The largest absolute Gasteiger partial charge is 0.294 e. The van der Waals surface area contributed by atoms with Crippen molar-refractivity contribution in [1.29, 1.82) is 0 Å². The highest BCUT2D eigenvalue weighted by Crippen LogP contribution is 2.21. The van der Waals surface area contributed by atoms with Crippen LogP contribution in [0, 0.1) is 3.57 Å². The highest BCUT2D eigenvalue weighted by molar-refractivity contribution is 14.1. The van der Waals surface area contributed by atoms with Gasteiger partial charge in [-0.3, -0.25) is 4.79 Å². The van der Waals surface area contributed by atoms with E-state index < -0.39 is 0 Å². The van der Waals surface area contributed by atoms with Crippen molar-refractivity contribution in [3.8, 4) is 0 Å². The first-order valence-electron chi connectivity index (χ1n) is 7.63. The van der Waals surface area contributed by atoms with Crippen LogP contribution in [0.15, 0.2) is 22.7 Å². The summed E-state index contributed by atoms with van der Waals surface area (Å²) in [5.41, 5.74) is 0.864. The summed E-state index contributed by atoms with van der Waals surface area (Å²) in [5, 5.41) is 0. The number of unbranched alkanes of at least 4 members (excludes halogenated alkanes) is 7. The Hall–Kier alpha value is 0.1000. The number of halogens is 2. The molecule has 112 valence electrons. The average Bonchev–Trinajstić information content (AvgIpc) is 2.44. The summed E-state index contributed by atoms with van der Waals surface area (Å²) < 4.78 is 2.03. The summed E-state index contributed by atoms with van der Waals surface area (Å²) in [6.07, 6.45) is 10.9. The number of carbonyl (C=O) groups is 1. The molecular formula is C17H24BrIO. The molecule has 0 bridgehead atoms. The van der Waals surface area contributed by atoms with E-state index in [9.17, 15) is 4.79 Å². The minimum Gasteiger partial charge on any atom is -0.294 e. The van der Waals surface area contributed by atoms with E-state index in [1.807, 2.05) is 18.2 Å². The van der Waals surface area contributed by atoms with E-state index in [2.05, 4.69) is 45.4 Å². The lowest BCUT2D eigenvalue weighted by Crippen LogP contribution is -2.01. The van der Waals surface area contributed by atoms with Gasteiger partial charge in [0.1, 0.15) is 0 Å². The lowest BCUT2D eigenvalue weighted by atomic mass is 10.0. The van der Waals surface area contributed by atoms with Crippen LogP contribution in [-0.2, 0) is 0 Å². The number of hydrogen-bond acceptors (Lipinski definition) is 1. The molecule has 1 rings (SSSR count). The van der Waals surface area contributed by atoms with Gasteiger partial charge in [0, 0.05) is 20.0 Å². The van der Waals surface area contributed by atoms with Gasteiger partial charge in [0.15, 0.2) is 5.78 Å². The molecule has 0 unspecified atom stereocenters. The lowest BCUT2D eigenvalue weighted by molar-refractivity contribution is 0.0978. The molecule has 0 aromatic heterocycles. The van der Waals surface area contributed by atoms with Crippen molar-refractivity contribution in [2.24, 2.45) is 0 Å². The second kappa shape index (κ2) is 10.8. The van der Waals surface area contributed by atoms with E-state index in [1.165, 1.54) is 44.9 Å². The Balaban J connectivity index is 2.18. The third kappa shape index (κ3) is 7.21. The topological polar surface area (TPSA) is 17.1 Å². The molecule has 20 heavy (non-hydrogen) atoms. The zero-order valence-electron chi connectivity index (χ0n) is 12.3. The molecule has 0 aliphatic rings. The second-order valence-electron chi connectivity index (χ2n) is 5.27. The molecular weight excluding hydrogens is 427 g/mol. The predicted octanol–water partition coefficient (Wildman–Crippen LogP) is 6.77. The molecule has 3 heteroatoms. The Morgan fingerprint density at radius 3 is 2.30 bits per heavy atom. The van der Waals surface area contributed by atoms with Gasteiger partial charge in [-0.25, -0.2) is 0 Å². The zero-order valence-corrected chi connectivity index (χ0v) is 16.0. The Morgan fingerprint density at radius 1 is 1.05 bits per heavy atom. The minimum atomic E-state index is 0.279. The fourth-order valence-corrected chi connectivity index (χ4v) is 3.26. The van der Waals surface area contributed by atoms with Gasteiger partial charge < -0.3 is 0 Å². The first kappa shape index (κ1) is 18.1. The summed E-state index contributed by atoms with van der Waals surface area (Å²) in [4.78, 5) is 12.2. The molecule has 0 radical (unpaired) electrons. The lowest BCUT2D eigenvalue weighted by Gasteiger charge is -2.05. The molecule has 0 fully saturated rings. The molecule has 0 amide bonds. The zero-order chi connectivity index (χ0) is 14.8. The van der Waals surface area contributed by atoms with Crippen LogP contribution >= 0.6 is 38.5 Å². The summed E-state index contributed by atoms with van der Waals surface area (Å²) in [5.74, 6) is 0.279. The van der Waals surface area contributed by atoms with Gasteiger partial charge in [-0.1, -0.05) is 67.8 Å². The monoisotopic (exact) mass is 450 g/mol.